The van der Waals surface area contributed by atoms with Gasteiger partial charge in [0.05, 0.1) is 14.1 Å². The second-order valence-corrected chi connectivity index (χ2v) is 9.86. The summed E-state index contributed by atoms with van der Waals surface area (Å²) in [4.78, 5) is 0. The molecule has 5 heteroatoms. The monoisotopic (exact) mass is 328 g/mol. The fraction of sp³-hybridized carbons (Fsp3) is 0.333. The molecule has 120 valence electrons. The Hall–Kier alpha value is -1.77. The molecule has 0 saturated heterocycles. The molecule has 4 rings (SSSR count). The summed E-state index contributed by atoms with van der Waals surface area (Å²) in [7, 11) is 2.13. The lowest BCUT2D eigenvalue weighted by Gasteiger charge is -2.35. The Kier molecular flexibility index (Phi) is 2.97. The number of hydrogen-bond acceptors (Lipinski definition) is 4. The van der Waals surface area contributed by atoms with Crippen LogP contribution in [-0.2, 0) is 4.52 Å². The lowest BCUT2D eigenvalue weighted by atomic mass is 10.2. The summed E-state index contributed by atoms with van der Waals surface area (Å²) in [5.74, 6) is 0. The number of anilines is 4. The van der Waals surface area contributed by atoms with Gasteiger partial charge in [-0.25, -0.2) is 0 Å². The van der Waals surface area contributed by atoms with E-state index in [1.807, 2.05) is 0 Å². The molecule has 0 atom stereocenters. The average molecular weight is 328 g/mol. The van der Waals surface area contributed by atoms with E-state index < -0.39 is 7.94 Å². The van der Waals surface area contributed by atoms with Crippen LogP contribution in [0.2, 0.25) is 0 Å². The Morgan fingerprint density at radius 1 is 0.739 bits per heavy atom. The highest BCUT2D eigenvalue weighted by molar-refractivity contribution is 7.77. The fourth-order valence-corrected chi connectivity index (χ4v) is 7.33. The minimum absolute atomic E-state index is 0.237. The normalized spacial score (nSPS) is 18.0. The van der Waals surface area contributed by atoms with Crippen molar-refractivity contribution >= 4 is 30.7 Å². The summed E-state index contributed by atoms with van der Waals surface area (Å²) < 4.78 is 13.9. The van der Waals surface area contributed by atoms with Gasteiger partial charge in [-0.2, -0.15) is 13.9 Å². The quantitative estimate of drug-likeness (QED) is 0.668. The number of nitrogens with zero attached hydrogens (tertiary/aromatic N) is 3. The van der Waals surface area contributed by atoms with Gasteiger partial charge in [-0.1, -0.05) is 24.3 Å². The second-order valence-electron chi connectivity index (χ2n) is 7.05. The smallest absolute Gasteiger partial charge is 0.184 e. The van der Waals surface area contributed by atoms with Gasteiger partial charge >= 0.3 is 7.94 Å². The van der Waals surface area contributed by atoms with Gasteiger partial charge in [0.1, 0.15) is 28.4 Å². The van der Waals surface area contributed by atoms with Crippen LogP contribution in [-0.4, -0.2) is 19.7 Å². The Balaban J connectivity index is 2.00. The Morgan fingerprint density at radius 2 is 1.13 bits per heavy atom. The third kappa shape index (κ3) is 1.85. The molecule has 2 aliphatic heterocycles. The van der Waals surface area contributed by atoms with Crippen LogP contribution < -0.4 is 14.0 Å². The number of para-hydroxylation sites is 4. The van der Waals surface area contributed by atoms with Crippen LogP contribution in [0, 0.1) is 0 Å². The van der Waals surface area contributed by atoms with E-state index in [1.54, 1.807) is 0 Å². The molecule has 23 heavy (non-hydrogen) atoms. The van der Waals surface area contributed by atoms with Gasteiger partial charge in [0.25, 0.3) is 0 Å². The maximum Gasteiger partial charge on any atom is 0.450 e. The third-order valence-corrected chi connectivity index (χ3v) is 8.09. The molecule has 2 heterocycles. The maximum absolute atomic E-state index is 6.79. The van der Waals surface area contributed by atoms with Crippen molar-refractivity contribution in [3.8, 4) is 0 Å². The lowest BCUT2D eigenvalue weighted by molar-refractivity contribution is 0.142. The van der Waals surface area contributed by atoms with Crippen LogP contribution in [0.5, 0.6) is 0 Å². The van der Waals surface area contributed by atoms with E-state index in [0.717, 1.165) is 0 Å². The summed E-state index contributed by atoms with van der Waals surface area (Å²) in [6.45, 7) is 6.40. The van der Waals surface area contributed by atoms with Crippen molar-refractivity contribution in [1.82, 2.24) is 0 Å². The minimum Gasteiger partial charge on any atom is -0.184 e. The van der Waals surface area contributed by atoms with E-state index in [1.165, 1.54) is 22.7 Å². The molecule has 0 radical (unpaired) electrons. The first kappa shape index (κ1) is 14.8. The standard InChI is InChI=1S/C18H23N3OP/c1-18(2,3)22-23-19(4)14-10-6-8-12-16(14)21(23)17-13-9-7-11-15(17)20(23)5/h6-13H,1-5H3/q+1. The van der Waals surface area contributed by atoms with E-state index in [2.05, 4.69) is 97.4 Å². The van der Waals surface area contributed by atoms with Crippen LogP contribution in [0.1, 0.15) is 20.8 Å². The number of hydrogen-bond donors (Lipinski definition) is 0. The first-order chi connectivity index (χ1) is 10.9. The highest BCUT2D eigenvalue weighted by atomic mass is 31.2. The molecule has 4 nitrogen and oxygen atoms in total. The summed E-state index contributed by atoms with van der Waals surface area (Å²) in [5.41, 5.74) is 4.67. The molecular formula is C18H23N3OP+. The molecule has 0 N–H and O–H groups in total. The van der Waals surface area contributed by atoms with Gasteiger partial charge in [-0.3, -0.25) is 0 Å². The molecule has 0 spiro atoms. The zero-order valence-corrected chi connectivity index (χ0v) is 15.2. The van der Waals surface area contributed by atoms with Gasteiger partial charge in [-0.05, 0) is 45.0 Å². The number of rotatable bonds is 1. The maximum atomic E-state index is 6.79. The molecule has 0 bridgehead atoms. The van der Waals surface area contributed by atoms with Gasteiger partial charge < -0.3 is 0 Å². The second kappa shape index (κ2) is 4.62. The largest absolute Gasteiger partial charge is 0.450 e. The first-order valence-corrected chi connectivity index (χ1v) is 9.50. The fourth-order valence-electron chi connectivity index (χ4n) is 3.53. The van der Waals surface area contributed by atoms with Crippen molar-refractivity contribution in [3.05, 3.63) is 48.5 Å². The van der Waals surface area contributed by atoms with Crippen molar-refractivity contribution in [3.63, 3.8) is 0 Å². The topological polar surface area (TPSA) is 19.0 Å². The Bertz CT molecular complexity index is 717. The van der Waals surface area contributed by atoms with Gasteiger partial charge in [-0.15, -0.1) is 4.67 Å². The van der Waals surface area contributed by atoms with Gasteiger partial charge in [0.2, 0.25) is 0 Å². The molecule has 2 aliphatic rings. The predicted molar refractivity (Wildman–Crippen MR) is 99.6 cm³/mol. The van der Waals surface area contributed by atoms with E-state index in [9.17, 15) is 0 Å². The molecule has 2 aromatic rings. The van der Waals surface area contributed by atoms with E-state index in [4.69, 9.17) is 4.52 Å². The van der Waals surface area contributed by atoms with Crippen molar-refractivity contribution in [2.24, 2.45) is 0 Å². The Morgan fingerprint density at radius 3 is 1.52 bits per heavy atom. The highest BCUT2D eigenvalue weighted by Gasteiger charge is 2.70. The van der Waals surface area contributed by atoms with E-state index >= 15 is 0 Å². The molecule has 2 aromatic carbocycles. The van der Waals surface area contributed by atoms with Gasteiger partial charge in [0.15, 0.2) is 0 Å². The van der Waals surface area contributed by atoms with Crippen molar-refractivity contribution in [2.75, 3.05) is 28.1 Å². The third-order valence-electron chi connectivity index (χ3n) is 4.36. The van der Waals surface area contributed by atoms with Crippen LogP contribution in [0.3, 0.4) is 0 Å². The molecule has 0 amide bonds. The van der Waals surface area contributed by atoms with Crippen molar-refractivity contribution in [1.29, 1.82) is 0 Å². The van der Waals surface area contributed by atoms with Crippen LogP contribution in [0.4, 0.5) is 22.7 Å². The van der Waals surface area contributed by atoms with Crippen molar-refractivity contribution in [2.45, 2.75) is 26.4 Å². The van der Waals surface area contributed by atoms with Gasteiger partial charge in [0, 0.05) is 0 Å². The first-order valence-electron chi connectivity index (χ1n) is 7.93. The molecule has 0 fully saturated rings. The summed E-state index contributed by atoms with van der Waals surface area (Å²) in [5, 5.41) is 0. The Labute approximate surface area is 138 Å². The molecular weight excluding hydrogens is 305 g/mol. The lowest BCUT2D eigenvalue weighted by Crippen LogP contribution is -2.37. The highest BCUT2D eigenvalue weighted by Crippen LogP contribution is 2.83. The molecule has 0 unspecified atom stereocenters. The van der Waals surface area contributed by atoms with Crippen LogP contribution >= 0.6 is 7.94 Å². The zero-order chi connectivity index (χ0) is 16.4. The molecule has 0 aromatic heterocycles. The number of benzene rings is 2. The number of fused-ring (bicyclic) bond motifs is 5. The van der Waals surface area contributed by atoms with Crippen molar-refractivity contribution < 1.29 is 4.52 Å². The molecule has 0 aliphatic carbocycles. The summed E-state index contributed by atoms with van der Waals surface area (Å²) in [6.07, 6.45) is 0. The van der Waals surface area contributed by atoms with Crippen LogP contribution in [0.25, 0.3) is 0 Å². The minimum atomic E-state index is -2.18. The average Bonchev–Trinajstić information content (AvgIpc) is 2.89. The predicted octanol–water partition coefficient (Wildman–Crippen LogP) is 5.22. The van der Waals surface area contributed by atoms with E-state index in [-0.39, 0.29) is 5.60 Å². The van der Waals surface area contributed by atoms with Crippen LogP contribution in [0.15, 0.2) is 48.5 Å². The van der Waals surface area contributed by atoms with E-state index in [0.29, 0.717) is 0 Å². The SMILES string of the molecule is CN1c2ccccc2N2c3ccccc3N(C)[P+]12OC(C)(C)C. The molecule has 0 saturated carbocycles. The summed E-state index contributed by atoms with van der Waals surface area (Å²) >= 11 is 0. The zero-order valence-electron chi connectivity index (χ0n) is 14.3. The summed E-state index contributed by atoms with van der Waals surface area (Å²) in [6, 6.07) is 17.1.